The lowest BCUT2D eigenvalue weighted by atomic mass is 10.1. The van der Waals surface area contributed by atoms with Crippen LogP contribution in [0.2, 0.25) is 0 Å². The Hall–Kier alpha value is -0.120. The molecule has 0 amide bonds. The van der Waals surface area contributed by atoms with E-state index in [9.17, 15) is 0 Å². The highest BCUT2D eigenvalue weighted by Gasteiger charge is 2.26. The predicted octanol–water partition coefficient (Wildman–Crippen LogP) is 1.10. The number of ether oxygens (including phenoxy) is 1. The summed E-state index contributed by atoms with van der Waals surface area (Å²) in [6.45, 7) is 8.80. The van der Waals surface area contributed by atoms with Crippen molar-refractivity contribution >= 4 is 0 Å². The fourth-order valence-corrected chi connectivity index (χ4v) is 2.38. The molecule has 2 atom stereocenters. The van der Waals surface area contributed by atoms with E-state index in [1.807, 2.05) is 0 Å². The van der Waals surface area contributed by atoms with Gasteiger partial charge in [0.1, 0.15) is 0 Å². The second kappa shape index (κ2) is 6.38. The molecule has 0 aromatic rings. The van der Waals surface area contributed by atoms with Gasteiger partial charge in [-0.3, -0.25) is 4.90 Å². The van der Waals surface area contributed by atoms with E-state index >= 15 is 0 Å². The molecular weight excluding hydrogens is 176 g/mol. The van der Waals surface area contributed by atoms with Gasteiger partial charge in [-0.25, -0.2) is 0 Å². The lowest BCUT2D eigenvalue weighted by Gasteiger charge is -2.34. The molecule has 0 aromatic heterocycles. The summed E-state index contributed by atoms with van der Waals surface area (Å²) in [6, 6.07) is 1.31. The maximum absolute atomic E-state index is 5.28. The van der Waals surface area contributed by atoms with Crippen LogP contribution in [0, 0.1) is 0 Å². The number of nitrogens with one attached hydrogen (secondary N) is 1. The molecule has 1 aliphatic heterocycles. The van der Waals surface area contributed by atoms with Gasteiger partial charge >= 0.3 is 0 Å². The largest absolute Gasteiger partial charge is 0.383 e. The molecule has 0 aliphatic carbocycles. The van der Waals surface area contributed by atoms with Gasteiger partial charge in [-0.15, -0.1) is 0 Å². The van der Waals surface area contributed by atoms with Crippen LogP contribution in [0.4, 0.5) is 0 Å². The van der Waals surface area contributed by atoms with E-state index < -0.39 is 0 Å². The minimum absolute atomic E-state index is 0.592. The molecule has 0 aromatic carbocycles. The average molecular weight is 200 g/mol. The van der Waals surface area contributed by atoms with Gasteiger partial charge in [0.2, 0.25) is 0 Å². The van der Waals surface area contributed by atoms with Crippen LogP contribution in [0.15, 0.2) is 0 Å². The number of hydrogen-bond donors (Lipinski definition) is 1. The summed E-state index contributed by atoms with van der Waals surface area (Å²) in [4.78, 5) is 2.59. The smallest absolute Gasteiger partial charge is 0.0618 e. The Morgan fingerprint density at radius 1 is 1.50 bits per heavy atom. The SMILES string of the molecule is CCC(COC)N(CC)C1CCNC1. The predicted molar refractivity (Wildman–Crippen MR) is 59.6 cm³/mol. The zero-order chi connectivity index (χ0) is 10.4. The highest BCUT2D eigenvalue weighted by atomic mass is 16.5. The zero-order valence-corrected chi connectivity index (χ0v) is 9.75. The minimum atomic E-state index is 0.592. The molecule has 0 bridgehead atoms. The Kier molecular flexibility index (Phi) is 5.45. The van der Waals surface area contributed by atoms with Crippen molar-refractivity contribution in [2.24, 2.45) is 0 Å². The van der Waals surface area contributed by atoms with E-state index in [0.717, 1.165) is 25.7 Å². The number of methoxy groups -OCH3 is 1. The molecular formula is C11H24N2O. The number of hydrogen-bond acceptors (Lipinski definition) is 3. The molecule has 1 saturated heterocycles. The highest BCUT2D eigenvalue weighted by Crippen LogP contribution is 2.14. The molecule has 1 N–H and O–H groups in total. The number of likely N-dealkylation sites (N-methyl/N-ethyl adjacent to an activating group) is 1. The van der Waals surface area contributed by atoms with Crippen molar-refractivity contribution in [2.75, 3.05) is 33.4 Å². The monoisotopic (exact) mass is 200 g/mol. The van der Waals surface area contributed by atoms with Crippen LogP contribution >= 0.6 is 0 Å². The van der Waals surface area contributed by atoms with Gasteiger partial charge in [-0.1, -0.05) is 13.8 Å². The Labute approximate surface area is 87.8 Å². The number of rotatable bonds is 6. The third kappa shape index (κ3) is 2.94. The quantitative estimate of drug-likeness (QED) is 0.695. The van der Waals surface area contributed by atoms with Crippen molar-refractivity contribution < 1.29 is 4.74 Å². The maximum Gasteiger partial charge on any atom is 0.0618 e. The van der Waals surface area contributed by atoms with Crippen LogP contribution in [-0.2, 0) is 4.74 Å². The van der Waals surface area contributed by atoms with Crippen molar-refractivity contribution in [3.05, 3.63) is 0 Å². The second-order valence-corrected chi connectivity index (χ2v) is 3.99. The molecule has 0 spiro atoms. The lowest BCUT2D eigenvalue weighted by Crippen LogP contribution is -2.46. The van der Waals surface area contributed by atoms with Crippen molar-refractivity contribution in [1.29, 1.82) is 0 Å². The maximum atomic E-state index is 5.28. The van der Waals surface area contributed by atoms with E-state index in [1.54, 1.807) is 7.11 Å². The standard InChI is InChI=1S/C11H24N2O/c1-4-10(9-14-3)13(5-2)11-6-7-12-8-11/h10-12H,4-9H2,1-3H3. The van der Waals surface area contributed by atoms with Crippen LogP contribution in [0.3, 0.4) is 0 Å². The molecule has 14 heavy (non-hydrogen) atoms. The summed E-state index contributed by atoms with van der Waals surface area (Å²) in [7, 11) is 1.80. The molecule has 1 fully saturated rings. The van der Waals surface area contributed by atoms with Crippen LogP contribution in [0.25, 0.3) is 0 Å². The lowest BCUT2D eigenvalue weighted by molar-refractivity contribution is 0.0670. The van der Waals surface area contributed by atoms with Gasteiger partial charge in [0.25, 0.3) is 0 Å². The first kappa shape index (κ1) is 12.0. The van der Waals surface area contributed by atoms with Crippen LogP contribution in [0.5, 0.6) is 0 Å². The van der Waals surface area contributed by atoms with Gasteiger partial charge in [-0.05, 0) is 25.9 Å². The van der Waals surface area contributed by atoms with Crippen molar-refractivity contribution in [2.45, 2.75) is 38.8 Å². The van der Waals surface area contributed by atoms with Gasteiger partial charge in [0.05, 0.1) is 6.61 Å². The molecule has 2 unspecified atom stereocenters. The first-order valence-electron chi connectivity index (χ1n) is 5.78. The number of nitrogens with zero attached hydrogens (tertiary/aromatic N) is 1. The van der Waals surface area contributed by atoms with Crippen LogP contribution in [-0.4, -0.2) is 50.3 Å². The minimum Gasteiger partial charge on any atom is -0.383 e. The second-order valence-electron chi connectivity index (χ2n) is 3.99. The summed E-state index contributed by atoms with van der Waals surface area (Å²) in [6.07, 6.45) is 2.46. The van der Waals surface area contributed by atoms with E-state index in [-0.39, 0.29) is 0 Å². The van der Waals surface area contributed by atoms with Gasteiger partial charge in [-0.2, -0.15) is 0 Å². The summed E-state index contributed by atoms with van der Waals surface area (Å²) in [5.74, 6) is 0. The molecule has 84 valence electrons. The molecule has 0 radical (unpaired) electrons. The van der Waals surface area contributed by atoms with Gasteiger partial charge < -0.3 is 10.1 Å². The molecule has 1 heterocycles. The highest BCUT2D eigenvalue weighted by molar-refractivity contribution is 4.84. The third-order valence-corrected chi connectivity index (χ3v) is 3.17. The Morgan fingerprint density at radius 3 is 2.71 bits per heavy atom. The van der Waals surface area contributed by atoms with Gasteiger partial charge in [0, 0.05) is 25.7 Å². The van der Waals surface area contributed by atoms with Crippen LogP contribution < -0.4 is 5.32 Å². The summed E-state index contributed by atoms with van der Waals surface area (Å²) < 4.78 is 5.28. The Bertz CT molecular complexity index is 146. The van der Waals surface area contributed by atoms with E-state index in [2.05, 4.69) is 24.1 Å². The third-order valence-electron chi connectivity index (χ3n) is 3.17. The van der Waals surface area contributed by atoms with Crippen molar-refractivity contribution in [3.8, 4) is 0 Å². The van der Waals surface area contributed by atoms with E-state index in [1.165, 1.54) is 19.4 Å². The summed E-state index contributed by atoms with van der Waals surface area (Å²) >= 11 is 0. The first-order chi connectivity index (χ1) is 6.83. The van der Waals surface area contributed by atoms with E-state index in [4.69, 9.17) is 4.74 Å². The fourth-order valence-electron chi connectivity index (χ4n) is 2.38. The summed E-state index contributed by atoms with van der Waals surface area (Å²) in [5.41, 5.74) is 0. The van der Waals surface area contributed by atoms with Crippen molar-refractivity contribution in [3.63, 3.8) is 0 Å². The molecule has 0 saturated carbocycles. The van der Waals surface area contributed by atoms with Crippen LogP contribution in [0.1, 0.15) is 26.7 Å². The average Bonchev–Trinajstić information content (AvgIpc) is 2.71. The molecule has 3 nitrogen and oxygen atoms in total. The van der Waals surface area contributed by atoms with Gasteiger partial charge in [0.15, 0.2) is 0 Å². The molecule has 1 rings (SSSR count). The summed E-state index contributed by atoms with van der Waals surface area (Å²) in [5, 5.41) is 3.43. The Morgan fingerprint density at radius 2 is 2.29 bits per heavy atom. The zero-order valence-electron chi connectivity index (χ0n) is 9.75. The Balaban J connectivity index is 2.48. The normalized spacial score (nSPS) is 24.4. The fraction of sp³-hybridized carbons (Fsp3) is 1.00. The molecule has 1 aliphatic rings. The topological polar surface area (TPSA) is 24.5 Å². The molecule has 3 heteroatoms. The van der Waals surface area contributed by atoms with Crippen molar-refractivity contribution in [1.82, 2.24) is 10.2 Å². The first-order valence-corrected chi connectivity index (χ1v) is 5.78. The van der Waals surface area contributed by atoms with E-state index in [0.29, 0.717) is 6.04 Å².